The Morgan fingerprint density at radius 2 is 1.80 bits per heavy atom. The summed E-state index contributed by atoms with van der Waals surface area (Å²) in [5.74, 6) is 0.684. The second-order valence-corrected chi connectivity index (χ2v) is 7.41. The largest absolute Gasteiger partial charge is 0.368 e. The number of nitrogens with one attached hydrogen (secondary N) is 1. The zero-order valence-electron chi connectivity index (χ0n) is 13.6. The van der Waals surface area contributed by atoms with E-state index in [9.17, 15) is 0 Å². The third-order valence-electron chi connectivity index (χ3n) is 3.94. The summed E-state index contributed by atoms with van der Waals surface area (Å²) in [6, 6.07) is 8.94. The number of benzene rings is 1. The van der Waals surface area contributed by atoms with Crippen molar-refractivity contribution in [3.63, 3.8) is 0 Å². The van der Waals surface area contributed by atoms with Crippen LogP contribution in [0.1, 0.15) is 58.3 Å². The van der Waals surface area contributed by atoms with Crippen LogP contribution in [-0.2, 0) is 10.2 Å². The summed E-state index contributed by atoms with van der Waals surface area (Å²) in [5.41, 5.74) is 2.88. The lowest BCUT2D eigenvalue weighted by Crippen LogP contribution is -2.41. The summed E-state index contributed by atoms with van der Waals surface area (Å²) < 4.78 is 6.25. The second kappa shape index (κ2) is 6.28. The summed E-state index contributed by atoms with van der Waals surface area (Å²) in [6.07, 6.45) is 1.67. The molecule has 112 valence electrons. The lowest BCUT2D eigenvalue weighted by atomic mass is 9.86. The maximum Gasteiger partial charge on any atom is 0.0953 e. The van der Waals surface area contributed by atoms with Gasteiger partial charge < -0.3 is 10.1 Å². The summed E-state index contributed by atoms with van der Waals surface area (Å²) in [6.45, 7) is 13.2. The zero-order chi connectivity index (χ0) is 14.8. The van der Waals surface area contributed by atoms with E-state index in [1.54, 1.807) is 0 Å². The molecule has 2 unspecified atom stereocenters. The average Bonchev–Trinajstić information content (AvgIpc) is 2.37. The number of hydrogen-bond donors (Lipinski definition) is 1. The fraction of sp³-hybridized carbons (Fsp3) is 0.667. The first-order valence-electron chi connectivity index (χ1n) is 7.83. The van der Waals surface area contributed by atoms with Crippen LogP contribution in [0.4, 0.5) is 0 Å². The highest BCUT2D eigenvalue weighted by atomic mass is 16.5. The van der Waals surface area contributed by atoms with Crippen LogP contribution >= 0.6 is 0 Å². The molecule has 2 nitrogen and oxygen atoms in total. The Balaban J connectivity index is 2.04. The van der Waals surface area contributed by atoms with Crippen LogP contribution in [0.2, 0.25) is 0 Å². The SMILES string of the molecule is CC(C)CC1CNCC(c2ccc(C(C)(C)C)cc2)O1. The molecule has 2 rings (SSSR count). The van der Waals surface area contributed by atoms with Gasteiger partial charge in [0.05, 0.1) is 12.2 Å². The number of rotatable bonds is 3. The van der Waals surface area contributed by atoms with Crippen LogP contribution < -0.4 is 5.32 Å². The zero-order valence-corrected chi connectivity index (χ0v) is 13.6. The Morgan fingerprint density at radius 1 is 1.15 bits per heavy atom. The molecule has 1 fully saturated rings. The van der Waals surface area contributed by atoms with Crippen LogP contribution in [0.25, 0.3) is 0 Å². The van der Waals surface area contributed by atoms with Gasteiger partial charge in [-0.1, -0.05) is 58.9 Å². The normalized spacial score (nSPS) is 24.1. The minimum Gasteiger partial charge on any atom is -0.368 e. The van der Waals surface area contributed by atoms with Crippen molar-refractivity contribution in [2.24, 2.45) is 5.92 Å². The molecule has 1 aromatic rings. The van der Waals surface area contributed by atoms with Crippen LogP contribution in [0.15, 0.2) is 24.3 Å². The van der Waals surface area contributed by atoms with E-state index in [4.69, 9.17) is 4.74 Å². The Bertz CT molecular complexity index is 416. The quantitative estimate of drug-likeness (QED) is 0.898. The van der Waals surface area contributed by atoms with E-state index in [-0.39, 0.29) is 11.5 Å². The highest BCUT2D eigenvalue weighted by molar-refractivity contribution is 5.29. The van der Waals surface area contributed by atoms with Crippen molar-refractivity contribution < 1.29 is 4.74 Å². The van der Waals surface area contributed by atoms with Crippen molar-refractivity contribution in [3.8, 4) is 0 Å². The van der Waals surface area contributed by atoms with E-state index < -0.39 is 0 Å². The topological polar surface area (TPSA) is 21.3 Å². The molecule has 2 heteroatoms. The minimum absolute atomic E-state index is 0.196. The van der Waals surface area contributed by atoms with Gasteiger partial charge >= 0.3 is 0 Å². The first-order valence-corrected chi connectivity index (χ1v) is 7.83. The first kappa shape index (κ1) is 15.5. The molecular weight excluding hydrogens is 246 g/mol. The van der Waals surface area contributed by atoms with Crippen LogP contribution in [-0.4, -0.2) is 19.2 Å². The molecule has 0 radical (unpaired) electrons. The first-order chi connectivity index (χ1) is 9.36. The van der Waals surface area contributed by atoms with Crippen molar-refractivity contribution >= 4 is 0 Å². The number of ether oxygens (including phenoxy) is 1. The molecule has 2 atom stereocenters. The van der Waals surface area contributed by atoms with E-state index in [1.165, 1.54) is 11.1 Å². The predicted octanol–water partition coefficient (Wildman–Crippen LogP) is 4.06. The molecule has 1 saturated heterocycles. The van der Waals surface area contributed by atoms with Gasteiger partial charge in [0.1, 0.15) is 0 Å². The molecule has 1 N–H and O–H groups in total. The van der Waals surface area contributed by atoms with Crippen molar-refractivity contribution in [2.75, 3.05) is 13.1 Å². The Kier molecular flexibility index (Phi) is 4.87. The van der Waals surface area contributed by atoms with Gasteiger partial charge in [-0.3, -0.25) is 0 Å². The molecule has 1 aliphatic heterocycles. The number of hydrogen-bond acceptors (Lipinski definition) is 2. The van der Waals surface area contributed by atoms with E-state index in [0.29, 0.717) is 12.0 Å². The smallest absolute Gasteiger partial charge is 0.0953 e. The highest BCUT2D eigenvalue weighted by Gasteiger charge is 2.24. The summed E-state index contributed by atoms with van der Waals surface area (Å²) in [5, 5.41) is 3.51. The number of morpholine rings is 1. The summed E-state index contributed by atoms with van der Waals surface area (Å²) in [7, 11) is 0. The molecule has 1 aliphatic rings. The molecule has 20 heavy (non-hydrogen) atoms. The van der Waals surface area contributed by atoms with Crippen molar-refractivity contribution in [2.45, 2.75) is 58.7 Å². The molecule has 0 aliphatic carbocycles. The molecule has 0 saturated carbocycles. The van der Waals surface area contributed by atoms with E-state index in [2.05, 4.69) is 64.2 Å². The van der Waals surface area contributed by atoms with Crippen LogP contribution in [0.5, 0.6) is 0 Å². The molecule has 1 heterocycles. The highest BCUT2D eigenvalue weighted by Crippen LogP contribution is 2.27. The summed E-state index contributed by atoms with van der Waals surface area (Å²) >= 11 is 0. The van der Waals surface area contributed by atoms with E-state index >= 15 is 0 Å². The van der Waals surface area contributed by atoms with Gasteiger partial charge in [0.2, 0.25) is 0 Å². The van der Waals surface area contributed by atoms with Crippen LogP contribution in [0, 0.1) is 5.92 Å². The van der Waals surface area contributed by atoms with Gasteiger partial charge in [-0.2, -0.15) is 0 Å². The fourth-order valence-corrected chi connectivity index (χ4v) is 2.76. The molecule has 0 aromatic heterocycles. The maximum atomic E-state index is 6.25. The molecule has 1 aromatic carbocycles. The Labute approximate surface area is 123 Å². The van der Waals surface area contributed by atoms with Gasteiger partial charge in [0, 0.05) is 13.1 Å². The van der Waals surface area contributed by atoms with Gasteiger partial charge in [0.15, 0.2) is 0 Å². The third kappa shape index (κ3) is 4.07. The lowest BCUT2D eigenvalue weighted by Gasteiger charge is -2.32. The van der Waals surface area contributed by atoms with E-state index in [1.807, 2.05) is 0 Å². The molecule has 0 amide bonds. The minimum atomic E-state index is 0.196. The Hall–Kier alpha value is -0.860. The molecule has 0 bridgehead atoms. The van der Waals surface area contributed by atoms with Crippen LogP contribution in [0.3, 0.4) is 0 Å². The van der Waals surface area contributed by atoms with E-state index in [0.717, 1.165) is 19.5 Å². The van der Waals surface area contributed by atoms with Crippen molar-refractivity contribution in [1.29, 1.82) is 0 Å². The van der Waals surface area contributed by atoms with Crippen molar-refractivity contribution in [3.05, 3.63) is 35.4 Å². The monoisotopic (exact) mass is 275 g/mol. The van der Waals surface area contributed by atoms with Gasteiger partial charge in [0.25, 0.3) is 0 Å². The third-order valence-corrected chi connectivity index (χ3v) is 3.94. The summed E-state index contributed by atoms with van der Waals surface area (Å²) in [4.78, 5) is 0. The standard InChI is InChI=1S/C18H29NO/c1-13(2)10-16-11-19-12-17(20-16)14-6-8-15(9-7-14)18(3,4)5/h6-9,13,16-17,19H,10-12H2,1-5H3. The molecular formula is C18H29NO. The van der Waals surface area contributed by atoms with Gasteiger partial charge in [-0.25, -0.2) is 0 Å². The van der Waals surface area contributed by atoms with Gasteiger partial charge in [-0.15, -0.1) is 0 Å². The van der Waals surface area contributed by atoms with Gasteiger partial charge in [-0.05, 0) is 28.9 Å². The second-order valence-electron chi connectivity index (χ2n) is 7.41. The fourth-order valence-electron chi connectivity index (χ4n) is 2.76. The van der Waals surface area contributed by atoms with Crippen molar-refractivity contribution in [1.82, 2.24) is 5.32 Å². The lowest BCUT2D eigenvalue weighted by molar-refractivity contribution is -0.0474. The Morgan fingerprint density at radius 3 is 2.35 bits per heavy atom. The maximum absolute atomic E-state index is 6.25. The predicted molar refractivity (Wildman–Crippen MR) is 85.1 cm³/mol. The molecule has 0 spiro atoms. The average molecular weight is 275 g/mol.